The highest BCUT2D eigenvalue weighted by Crippen LogP contribution is 2.41. The summed E-state index contributed by atoms with van der Waals surface area (Å²) in [6.07, 6.45) is 0.804. The lowest BCUT2D eigenvalue weighted by molar-refractivity contribution is -0.147. The number of hydrogen-bond donors (Lipinski definition) is 0. The smallest absolute Gasteiger partial charge is 0.346 e. The number of benzene rings is 2. The topological polar surface area (TPSA) is 89.5 Å². The molecule has 164 valence electrons. The van der Waals surface area contributed by atoms with Crippen LogP contribution in [0, 0.1) is 6.92 Å². The quantitative estimate of drug-likeness (QED) is 0.488. The van der Waals surface area contributed by atoms with Gasteiger partial charge in [-0.25, -0.2) is 4.79 Å². The summed E-state index contributed by atoms with van der Waals surface area (Å²) >= 11 is 0. The molecule has 1 aliphatic rings. The SMILES string of the molecule is COC(=O)C(C)Oc1cc(C)c2c(c1)O/C(=C\c1cc(OC)c(OC)c(OC)c1)C2=O. The molecule has 1 aliphatic heterocycles. The van der Waals surface area contributed by atoms with Crippen molar-refractivity contribution in [1.29, 1.82) is 0 Å². The van der Waals surface area contributed by atoms with Gasteiger partial charge in [-0.05, 0) is 49.2 Å². The first kappa shape index (κ1) is 22.0. The maximum absolute atomic E-state index is 12.9. The minimum absolute atomic E-state index is 0.144. The van der Waals surface area contributed by atoms with Gasteiger partial charge in [0, 0.05) is 6.07 Å². The van der Waals surface area contributed by atoms with Gasteiger partial charge < -0.3 is 28.4 Å². The number of esters is 1. The van der Waals surface area contributed by atoms with Gasteiger partial charge in [0.15, 0.2) is 23.4 Å². The van der Waals surface area contributed by atoms with Crippen LogP contribution in [-0.2, 0) is 9.53 Å². The summed E-state index contributed by atoms with van der Waals surface area (Å²) in [6, 6.07) is 6.69. The van der Waals surface area contributed by atoms with Crippen LogP contribution < -0.4 is 23.7 Å². The van der Waals surface area contributed by atoms with E-state index in [1.54, 1.807) is 44.2 Å². The minimum atomic E-state index is -0.797. The molecule has 1 heterocycles. The van der Waals surface area contributed by atoms with Gasteiger partial charge in [0.25, 0.3) is 0 Å². The zero-order valence-corrected chi connectivity index (χ0v) is 18.2. The average Bonchev–Trinajstić information content (AvgIpc) is 3.07. The molecule has 3 rings (SSSR count). The first-order valence-corrected chi connectivity index (χ1v) is 9.46. The largest absolute Gasteiger partial charge is 0.493 e. The molecule has 2 aromatic carbocycles. The van der Waals surface area contributed by atoms with Crippen LogP contribution >= 0.6 is 0 Å². The summed E-state index contributed by atoms with van der Waals surface area (Å²) in [7, 11) is 5.84. The molecule has 8 heteroatoms. The molecule has 0 saturated carbocycles. The van der Waals surface area contributed by atoms with E-state index in [0.717, 1.165) is 0 Å². The van der Waals surface area contributed by atoms with Crippen molar-refractivity contribution >= 4 is 17.8 Å². The number of allylic oxidation sites excluding steroid dienone is 1. The number of hydrogen-bond acceptors (Lipinski definition) is 8. The molecule has 0 saturated heterocycles. The number of ether oxygens (including phenoxy) is 6. The molecule has 0 bridgehead atoms. The Labute approximate surface area is 180 Å². The monoisotopic (exact) mass is 428 g/mol. The maximum atomic E-state index is 12.9. The second kappa shape index (κ2) is 8.99. The fraction of sp³-hybridized carbons (Fsp3) is 0.304. The molecular formula is C23H24O8. The van der Waals surface area contributed by atoms with Gasteiger partial charge >= 0.3 is 5.97 Å². The molecule has 1 unspecified atom stereocenters. The molecule has 31 heavy (non-hydrogen) atoms. The number of aryl methyl sites for hydroxylation is 1. The van der Waals surface area contributed by atoms with E-state index in [2.05, 4.69) is 4.74 Å². The Morgan fingerprint density at radius 2 is 1.65 bits per heavy atom. The minimum Gasteiger partial charge on any atom is -0.493 e. The van der Waals surface area contributed by atoms with E-state index in [9.17, 15) is 9.59 Å². The van der Waals surface area contributed by atoms with Crippen LogP contribution in [0.1, 0.15) is 28.4 Å². The summed E-state index contributed by atoms with van der Waals surface area (Å²) < 4.78 is 32.2. The summed E-state index contributed by atoms with van der Waals surface area (Å²) in [5, 5.41) is 0. The normalized spacial score (nSPS) is 14.5. The van der Waals surface area contributed by atoms with Crippen molar-refractivity contribution in [2.45, 2.75) is 20.0 Å². The molecule has 0 N–H and O–H groups in total. The fourth-order valence-corrected chi connectivity index (χ4v) is 3.30. The van der Waals surface area contributed by atoms with Crippen LogP contribution in [0.5, 0.6) is 28.7 Å². The highest BCUT2D eigenvalue weighted by Gasteiger charge is 2.31. The van der Waals surface area contributed by atoms with Crippen molar-refractivity contribution < 1.29 is 38.0 Å². The van der Waals surface area contributed by atoms with Crippen molar-refractivity contribution in [2.75, 3.05) is 28.4 Å². The third kappa shape index (κ3) is 4.28. The van der Waals surface area contributed by atoms with Crippen molar-refractivity contribution in [1.82, 2.24) is 0 Å². The van der Waals surface area contributed by atoms with Crippen LogP contribution in [0.3, 0.4) is 0 Å². The number of Topliss-reactive ketones (excluding diaryl/α,β-unsaturated/α-hetero) is 1. The maximum Gasteiger partial charge on any atom is 0.346 e. The molecule has 0 aromatic heterocycles. The number of methoxy groups -OCH3 is 4. The summed E-state index contributed by atoms with van der Waals surface area (Å²) in [4.78, 5) is 24.6. The van der Waals surface area contributed by atoms with Crippen molar-refractivity contribution in [3.8, 4) is 28.7 Å². The van der Waals surface area contributed by atoms with Crippen LogP contribution in [0.2, 0.25) is 0 Å². The van der Waals surface area contributed by atoms with Crippen molar-refractivity contribution in [2.24, 2.45) is 0 Å². The summed E-state index contributed by atoms with van der Waals surface area (Å²) in [5.41, 5.74) is 1.75. The number of ketones is 1. The van der Waals surface area contributed by atoms with E-state index in [0.29, 0.717) is 45.4 Å². The van der Waals surface area contributed by atoms with Gasteiger partial charge in [-0.2, -0.15) is 0 Å². The van der Waals surface area contributed by atoms with Gasteiger partial charge in [-0.1, -0.05) is 0 Å². The Balaban J connectivity index is 1.95. The van der Waals surface area contributed by atoms with E-state index in [1.807, 2.05) is 0 Å². The second-order valence-corrected chi connectivity index (χ2v) is 6.79. The number of fused-ring (bicyclic) bond motifs is 1. The fourth-order valence-electron chi connectivity index (χ4n) is 3.30. The number of carbonyl (C=O) groups is 2. The highest BCUT2D eigenvalue weighted by molar-refractivity contribution is 6.15. The number of carbonyl (C=O) groups excluding carboxylic acids is 2. The Kier molecular flexibility index (Phi) is 6.39. The number of rotatable bonds is 7. The van der Waals surface area contributed by atoms with Gasteiger partial charge in [-0.3, -0.25) is 4.79 Å². The van der Waals surface area contributed by atoms with E-state index < -0.39 is 12.1 Å². The lowest BCUT2D eigenvalue weighted by Crippen LogP contribution is -2.24. The average molecular weight is 428 g/mol. The van der Waals surface area contributed by atoms with E-state index >= 15 is 0 Å². The second-order valence-electron chi connectivity index (χ2n) is 6.79. The van der Waals surface area contributed by atoms with Gasteiger partial charge in [0.2, 0.25) is 11.5 Å². The Bertz CT molecular complexity index is 1030. The standard InChI is InChI=1S/C23H24O8/c1-12-7-15(30-13(2)23(25)29-6)11-16-20(12)21(24)17(31-16)8-14-9-18(26-3)22(28-5)19(10-14)27-4/h7-11,13H,1-6H3/b17-8-. The Hall–Kier alpha value is -3.68. The highest BCUT2D eigenvalue weighted by atomic mass is 16.6. The van der Waals surface area contributed by atoms with Gasteiger partial charge in [0.1, 0.15) is 11.5 Å². The first-order chi connectivity index (χ1) is 14.8. The predicted octanol–water partition coefficient (Wildman–Crippen LogP) is 3.58. The van der Waals surface area contributed by atoms with Crippen LogP contribution in [0.4, 0.5) is 0 Å². The van der Waals surface area contributed by atoms with Crippen LogP contribution in [-0.4, -0.2) is 46.3 Å². The van der Waals surface area contributed by atoms with E-state index in [4.69, 9.17) is 23.7 Å². The molecule has 0 fully saturated rings. The van der Waals surface area contributed by atoms with Gasteiger partial charge in [-0.15, -0.1) is 0 Å². The lowest BCUT2D eigenvalue weighted by atomic mass is 10.0. The molecule has 0 spiro atoms. The first-order valence-electron chi connectivity index (χ1n) is 9.46. The van der Waals surface area contributed by atoms with Crippen LogP contribution in [0.15, 0.2) is 30.0 Å². The molecule has 1 atom stereocenters. The zero-order valence-electron chi connectivity index (χ0n) is 18.2. The lowest BCUT2D eigenvalue weighted by Gasteiger charge is -2.13. The van der Waals surface area contributed by atoms with E-state index in [-0.39, 0.29) is 11.5 Å². The summed E-state index contributed by atoms with van der Waals surface area (Å²) in [5.74, 6) is 1.51. The Morgan fingerprint density at radius 1 is 1.00 bits per heavy atom. The molecule has 0 aliphatic carbocycles. The predicted molar refractivity (Wildman–Crippen MR) is 112 cm³/mol. The zero-order chi connectivity index (χ0) is 22.7. The molecular weight excluding hydrogens is 404 g/mol. The third-order valence-electron chi connectivity index (χ3n) is 4.77. The van der Waals surface area contributed by atoms with Gasteiger partial charge in [0.05, 0.1) is 34.0 Å². The van der Waals surface area contributed by atoms with E-state index in [1.165, 1.54) is 28.4 Å². The van der Waals surface area contributed by atoms with Crippen molar-refractivity contribution in [3.05, 3.63) is 46.7 Å². The Morgan fingerprint density at radius 3 is 2.19 bits per heavy atom. The summed E-state index contributed by atoms with van der Waals surface area (Å²) in [6.45, 7) is 3.36. The molecule has 0 radical (unpaired) electrons. The van der Waals surface area contributed by atoms with Crippen molar-refractivity contribution in [3.63, 3.8) is 0 Å². The molecule has 8 nitrogen and oxygen atoms in total. The third-order valence-corrected chi connectivity index (χ3v) is 4.77. The molecule has 2 aromatic rings. The molecule has 0 amide bonds. The van der Waals surface area contributed by atoms with Crippen LogP contribution in [0.25, 0.3) is 6.08 Å².